The van der Waals surface area contributed by atoms with Crippen molar-refractivity contribution in [2.45, 2.75) is 6.54 Å². The van der Waals surface area contributed by atoms with Gasteiger partial charge in [0.25, 0.3) is 0 Å². The predicted molar refractivity (Wildman–Crippen MR) is 163 cm³/mol. The summed E-state index contributed by atoms with van der Waals surface area (Å²) in [5.41, 5.74) is 5.64. The number of hydrogen-bond donors (Lipinski definition) is 1. The molecule has 0 unspecified atom stereocenters. The maximum Gasteiger partial charge on any atom is 0.422 e. The van der Waals surface area contributed by atoms with Crippen molar-refractivity contribution in [1.82, 2.24) is 19.9 Å². The van der Waals surface area contributed by atoms with Crippen LogP contribution >= 0.6 is 0 Å². The van der Waals surface area contributed by atoms with Gasteiger partial charge in [-0.15, -0.1) is 0 Å². The fourth-order valence-corrected chi connectivity index (χ4v) is 5.01. The van der Waals surface area contributed by atoms with Crippen LogP contribution in [0.2, 0.25) is 0 Å². The van der Waals surface area contributed by atoms with E-state index in [2.05, 4.69) is 16.0 Å². The Morgan fingerprint density at radius 3 is 2.33 bits per heavy atom. The summed E-state index contributed by atoms with van der Waals surface area (Å²) in [6, 6.07) is 35.3. The molecule has 0 radical (unpaired) electrons. The van der Waals surface area contributed by atoms with E-state index >= 15 is 0 Å². The first-order chi connectivity index (χ1) is 21.2. The number of fused-ring (bicyclic) bond motifs is 1. The van der Waals surface area contributed by atoms with Crippen LogP contribution < -0.4 is 4.74 Å². The Kier molecular flexibility index (Phi) is 6.99. The van der Waals surface area contributed by atoms with Crippen LogP contribution in [0.1, 0.15) is 5.56 Å². The van der Waals surface area contributed by atoms with E-state index in [4.69, 9.17) is 19.2 Å². The Bertz CT molecular complexity index is 1920. The second-order valence-electron chi connectivity index (χ2n) is 9.96. The zero-order valence-corrected chi connectivity index (χ0v) is 23.0. The maximum absolute atomic E-state index is 13.3. The van der Waals surface area contributed by atoms with Crippen molar-refractivity contribution in [2.75, 3.05) is 6.79 Å². The van der Waals surface area contributed by atoms with E-state index in [9.17, 15) is 4.79 Å². The molecule has 0 fully saturated rings. The van der Waals surface area contributed by atoms with Crippen LogP contribution in [-0.2, 0) is 16.0 Å². The zero-order valence-electron chi connectivity index (χ0n) is 23.0. The van der Waals surface area contributed by atoms with Crippen LogP contribution in [0.25, 0.3) is 44.7 Å². The van der Waals surface area contributed by atoms with Crippen LogP contribution in [0, 0.1) is 0 Å². The molecule has 8 nitrogen and oxygen atoms in total. The summed E-state index contributed by atoms with van der Waals surface area (Å²) in [6.45, 7) is 0.332. The number of rotatable bonds is 7. The molecule has 43 heavy (non-hydrogen) atoms. The van der Waals surface area contributed by atoms with Crippen molar-refractivity contribution in [3.63, 3.8) is 0 Å². The maximum atomic E-state index is 13.3. The standard InChI is InChI=1S/C35H26N4O4/c40-35(39(31-22-41-23-42-31)21-24-7-3-1-4-8-24)43-30-14-13-27-19-29(12-11-28(27)20-30)33-32(25-15-17-36-18-16-25)37-34(38-33)26-9-5-2-6-10-26/h1-20,22H,21,23H2,(H,37,38). The van der Waals surface area contributed by atoms with Gasteiger partial charge < -0.3 is 19.2 Å². The van der Waals surface area contributed by atoms with E-state index in [0.29, 0.717) is 11.6 Å². The highest BCUT2D eigenvalue weighted by Crippen LogP contribution is 2.35. The van der Waals surface area contributed by atoms with Gasteiger partial charge in [-0.3, -0.25) is 4.98 Å². The SMILES string of the molecule is O=C(Oc1ccc2cc(-c3nc(-c4ccccc4)[nH]c3-c3ccncc3)ccc2c1)N(Cc1ccccc1)C1=COCO1. The van der Waals surface area contributed by atoms with Gasteiger partial charge in [-0.2, -0.15) is 0 Å². The Labute approximate surface area is 247 Å². The van der Waals surface area contributed by atoms with E-state index < -0.39 is 6.09 Å². The molecule has 7 rings (SSSR count). The normalized spacial score (nSPS) is 12.3. The van der Waals surface area contributed by atoms with E-state index in [0.717, 1.165) is 50.2 Å². The first-order valence-corrected chi connectivity index (χ1v) is 13.8. The van der Waals surface area contributed by atoms with Gasteiger partial charge >= 0.3 is 6.09 Å². The van der Waals surface area contributed by atoms with Crippen LogP contribution in [-0.4, -0.2) is 32.7 Å². The summed E-state index contributed by atoms with van der Waals surface area (Å²) in [7, 11) is 0. The molecule has 2 aromatic heterocycles. The van der Waals surface area contributed by atoms with Crippen molar-refractivity contribution < 1.29 is 19.0 Å². The molecule has 4 aromatic carbocycles. The molecule has 0 spiro atoms. The summed E-state index contributed by atoms with van der Waals surface area (Å²) in [6.07, 6.45) is 4.40. The second kappa shape index (κ2) is 11.5. The van der Waals surface area contributed by atoms with Gasteiger partial charge in [-0.05, 0) is 46.7 Å². The predicted octanol–water partition coefficient (Wildman–Crippen LogP) is 7.76. The van der Waals surface area contributed by atoms with E-state index in [1.165, 1.54) is 11.2 Å². The number of amides is 1. The molecule has 1 aliphatic heterocycles. The number of aromatic nitrogens is 3. The summed E-state index contributed by atoms with van der Waals surface area (Å²) in [4.78, 5) is 27.4. The lowest BCUT2D eigenvalue weighted by Gasteiger charge is -2.21. The van der Waals surface area contributed by atoms with Crippen LogP contribution in [0.15, 0.2) is 134 Å². The Morgan fingerprint density at radius 1 is 0.814 bits per heavy atom. The smallest absolute Gasteiger partial charge is 0.422 e. The highest BCUT2D eigenvalue weighted by Gasteiger charge is 2.25. The largest absolute Gasteiger partial charge is 0.459 e. The third kappa shape index (κ3) is 5.54. The Hall–Kier alpha value is -5.89. The molecule has 210 valence electrons. The number of imidazole rings is 1. The number of H-pyrrole nitrogens is 1. The molecule has 0 aliphatic carbocycles. The lowest BCUT2D eigenvalue weighted by atomic mass is 10.0. The molecule has 0 saturated carbocycles. The average Bonchev–Trinajstić information content (AvgIpc) is 3.76. The van der Waals surface area contributed by atoms with Gasteiger partial charge in [0.1, 0.15) is 17.8 Å². The minimum Gasteiger partial charge on any atom is -0.459 e. The van der Waals surface area contributed by atoms with Crippen molar-refractivity contribution in [3.8, 4) is 39.7 Å². The van der Waals surface area contributed by atoms with Crippen molar-refractivity contribution in [1.29, 1.82) is 0 Å². The monoisotopic (exact) mass is 566 g/mol. The fraction of sp³-hybridized carbons (Fsp3) is 0.0571. The van der Waals surface area contributed by atoms with Crippen LogP contribution in [0.4, 0.5) is 4.79 Å². The molecule has 8 heteroatoms. The summed E-state index contributed by atoms with van der Waals surface area (Å²) in [5, 5.41) is 1.91. The van der Waals surface area contributed by atoms with Gasteiger partial charge in [0.05, 0.1) is 17.9 Å². The molecule has 3 heterocycles. The molecular weight excluding hydrogens is 540 g/mol. The van der Waals surface area contributed by atoms with E-state index in [1.807, 2.05) is 97.1 Å². The third-order valence-electron chi connectivity index (χ3n) is 7.14. The van der Waals surface area contributed by atoms with Gasteiger partial charge in [0.15, 0.2) is 0 Å². The highest BCUT2D eigenvalue weighted by atomic mass is 16.7. The molecule has 0 bridgehead atoms. The first-order valence-electron chi connectivity index (χ1n) is 13.8. The van der Waals surface area contributed by atoms with E-state index in [1.54, 1.807) is 18.5 Å². The van der Waals surface area contributed by atoms with Crippen molar-refractivity contribution in [2.24, 2.45) is 0 Å². The number of nitrogens with zero attached hydrogens (tertiary/aromatic N) is 3. The molecular formula is C35H26N4O4. The zero-order chi connectivity index (χ0) is 29.0. The van der Waals surface area contributed by atoms with Crippen LogP contribution in [0.3, 0.4) is 0 Å². The van der Waals surface area contributed by atoms with E-state index in [-0.39, 0.29) is 13.3 Å². The van der Waals surface area contributed by atoms with Crippen molar-refractivity contribution >= 4 is 16.9 Å². The first kappa shape index (κ1) is 26.0. The summed E-state index contributed by atoms with van der Waals surface area (Å²) < 4.78 is 16.5. The quantitative estimate of drug-likeness (QED) is 0.212. The molecule has 1 aliphatic rings. The summed E-state index contributed by atoms with van der Waals surface area (Å²) in [5.74, 6) is 1.51. The highest BCUT2D eigenvalue weighted by molar-refractivity contribution is 5.91. The van der Waals surface area contributed by atoms with Gasteiger partial charge in [-0.25, -0.2) is 14.7 Å². The topological polar surface area (TPSA) is 89.6 Å². The summed E-state index contributed by atoms with van der Waals surface area (Å²) >= 11 is 0. The number of ether oxygens (including phenoxy) is 3. The number of carbonyl (C=O) groups is 1. The number of carbonyl (C=O) groups excluding carboxylic acids is 1. The molecule has 0 atom stereocenters. The number of benzene rings is 4. The minimum absolute atomic E-state index is 0.0535. The lowest BCUT2D eigenvalue weighted by molar-refractivity contribution is 0.0483. The van der Waals surface area contributed by atoms with Crippen molar-refractivity contribution in [3.05, 3.63) is 139 Å². The molecule has 0 saturated heterocycles. The van der Waals surface area contributed by atoms with Gasteiger partial charge in [0.2, 0.25) is 12.7 Å². The number of pyridine rings is 1. The second-order valence-corrected chi connectivity index (χ2v) is 9.96. The fourth-order valence-electron chi connectivity index (χ4n) is 5.01. The van der Waals surface area contributed by atoms with Crippen LogP contribution in [0.5, 0.6) is 5.75 Å². The average molecular weight is 567 g/mol. The lowest BCUT2D eigenvalue weighted by Crippen LogP contribution is -2.32. The third-order valence-corrected chi connectivity index (χ3v) is 7.14. The Balaban J connectivity index is 1.18. The minimum atomic E-state index is -0.566. The number of nitrogens with one attached hydrogen (secondary N) is 1. The number of aromatic amines is 1. The van der Waals surface area contributed by atoms with Gasteiger partial charge in [0, 0.05) is 29.1 Å². The molecule has 1 N–H and O–H groups in total. The Morgan fingerprint density at radius 2 is 1.56 bits per heavy atom. The number of hydrogen-bond acceptors (Lipinski definition) is 6. The molecule has 1 amide bonds. The van der Waals surface area contributed by atoms with Gasteiger partial charge in [-0.1, -0.05) is 78.9 Å². The molecule has 6 aromatic rings.